The van der Waals surface area contributed by atoms with E-state index in [2.05, 4.69) is 17.2 Å². The quantitative estimate of drug-likeness (QED) is 0.817. The molecule has 0 spiro atoms. The summed E-state index contributed by atoms with van der Waals surface area (Å²) in [4.78, 5) is 40.6. The number of nitrogens with one attached hydrogen (secondary N) is 2. The molecular weight excluding hydrogens is 346 g/mol. The molecule has 7 nitrogen and oxygen atoms in total. The Kier molecular flexibility index (Phi) is 6.31. The van der Waals surface area contributed by atoms with E-state index in [1.54, 1.807) is 6.07 Å². The molecular formula is C20H29N3O4. The van der Waals surface area contributed by atoms with Gasteiger partial charge in [-0.3, -0.25) is 14.4 Å². The second-order valence-corrected chi connectivity index (χ2v) is 7.90. The van der Waals surface area contributed by atoms with Gasteiger partial charge in [-0.1, -0.05) is 6.92 Å². The summed E-state index contributed by atoms with van der Waals surface area (Å²) in [6, 6.07) is 3.15. The predicted octanol–water partition coefficient (Wildman–Crippen LogP) is 1.55. The first-order chi connectivity index (χ1) is 12.9. The van der Waals surface area contributed by atoms with Crippen LogP contribution in [0, 0.1) is 11.8 Å². The Balaban J connectivity index is 1.46. The van der Waals surface area contributed by atoms with Crippen LogP contribution in [0.15, 0.2) is 23.1 Å². The van der Waals surface area contributed by atoms with Gasteiger partial charge in [-0.2, -0.15) is 0 Å². The van der Waals surface area contributed by atoms with Crippen LogP contribution in [-0.2, 0) is 9.53 Å². The van der Waals surface area contributed by atoms with E-state index in [1.165, 1.54) is 25.1 Å². The minimum absolute atomic E-state index is 0.143. The lowest BCUT2D eigenvalue weighted by Crippen LogP contribution is -2.42. The van der Waals surface area contributed by atoms with Crippen molar-refractivity contribution in [3.8, 4) is 0 Å². The Morgan fingerprint density at radius 2 is 2.04 bits per heavy atom. The number of pyridine rings is 1. The number of rotatable bonds is 5. The highest BCUT2D eigenvalue weighted by Crippen LogP contribution is 2.29. The third-order valence-electron chi connectivity index (χ3n) is 5.84. The van der Waals surface area contributed by atoms with Crippen LogP contribution in [0.5, 0.6) is 0 Å². The molecule has 27 heavy (non-hydrogen) atoms. The average molecular weight is 375 g/mol. The number of hydrogen-bond acceptors (Lipinski definition) is 4. The van der Waals surface area contributed by atoms with Gasteiger partial charge in [0.05, 0.1) is 18.6 Å². The zero-order chi connectivity index (χ0) is 19.4. The summed E-state index contributed by atoms with van der Waals surface area (Å²) >= 11 is 0. The van der Waals surface area contributed by atoms with Crippen molar-refractivity contribution in [3.63, 3.8) is 0 Å². The number of carbonyl (C=O) groups excluding carboxylic acids is 2. The maximum Gasteiger partial charge on any atom is 0.251 e. The third kappa shape index (κ3) is 4.97. The summed E-state index contributed by atoms with van der Waals surface area (Å²) in [5.41, 5.74) is 0.00112. The molecule has 1 saturated heterocycles. The maximum absolute atomic E-state index is 12.8. The molecule has 1 aromatic rings. The van der Waals surface area contributed by atoms with Crippen molar-refractivity contribution in [2.75, 3.05) is 20.2 Å². The molecule has 0 bridgehead atoms. The second-order valence-electron chi connectivity index (χ2n) is 7.90. The Labute approximate surface area is 159 Å². The van der Waals surface area contributed by atoms with Crippen molar-refractivity contribution in [2.24, 2.45) is 11.8 Å². The molecule has 0 radical (unpaired) electrons. The van der Waals surface area contributed by atoms with Crippen LogP contribution in [0.1, 0.15) is 49.4 Å². The molecule has 1 aliphatic carbocycles. The summed E-state index contributed by atoms with van der Waals surface area (Å²) in [5, 5.41) is 2.78. The molecule has 2 aliphatic rings. The van der Waals surface area contributed by atoms with E-state index < -0.39 is 0 Å². The van der Waals surface area contributed by atoms with E-state index in [4.69, 9.17) is 4.74 Å². The van der Waals surface area contributed by atoms with Crippen molar-refractivity contribution in [2.45, 2.75) is 51.2 Å². The van der Waals surface area contributed by atoms with Gasteiger partial charge in [0.1, 0.15) is 0 Å². The lowest BCUT2D eigenvalue weighted by molar-refractivity contribution is -0.137. The summed E-state index contributed by atoms with van der Waals surface area (Å²) in [7, 11) is 1.91. The number of nitrogens with zero attached hydrogens (tertiary/aromatic N) is 1. The number of carbonyl (C=O) groups is 2. The van der Waals surface area contributed by atoms with E-state index in [-0.39, 0.29) is 29.4 Å². The zero-order valence-electron chi connectivity index (χ0n) is 16.1. The highest BCUT2D eigenvalue weighted by atomic mass is 16.5. The van der Waals surface area contributed by atoms with E-state index in [9.17, 15) is 14.4 Å². The molecule has 2 fully saturated rings. The smallest absolute Gasteiger partial charge is 0.251 e. The first kappa shape index (κ1) is 19.6. The van der Waals surface area contributed by atoms with Crippen molar-refractivity contribution >= 4 is 11.8 Å². The molecule has 2 atom stereocenters. The number of ether oxygens (including phenoxy) is 1. The van der Waals surface area contributed by atoms with Crippen LogP contribution in [0.3, 0.4) is 0 Å². The van der Waals surface area contributed by atoms with Gasteiger partial charge in [0.15, 0.2) is 0 Å². The highest BCUT2D eigenvalue weighted by molar-refractivity contribution is 5.93. The monoisotopic (exact) mass is 375 g/mol. The highest BCUT2D eigenvalue weighted by Gasteiger charge is 2.35. The Morgan fingerprint density at radius 1 is 1.30 bits per heavy atom. The first-order valence-electron chi connectivity index (χ1n) is 9.79. The number of H-pyrrole nitrogens is 1. The van der Waals surface area contributed by atoms with Crippen LogP contribution in [0.4, 0.5) is 0 Å². The lowest BCUT2D eigenvalue weighted by Gasteiger charge is -2.34. The van der Waals surface area contributed by atoms with Gasteiger partial charge in [0.2, 0.25) is 11.5 Å². The first-order valence-corrected chi connectivity index (χ1v) is 9.79. The van der Waals surface area contributed by atoms with E-state index >= 15 is 0 Å². The van der Waals surface area contributed by atoms with Crippen molar-refractivity contribution < 1.29 is 14.3 Å². The predicted molar refractivity (Wildman–Crippen MR) is 101 cm³/mol. The fourth-order valence-electron chi connectivity index (χ4n) is 4.01. The fourth-order valence-corrected chi connectivity index (χ4v) is 4.01. The third-order valence-corrected chi connectivity index (χ3v) is 5.84. The normalized spacial score (nSPS) is 27.9. The summed E-state index contributed by atoms with van der Waals surface area (Å²) in [5.74, 6) is 0.453. The largest absolute Gasteiger partial charge is 0.376 e. The minimum Gasteiger partial charge on any atom is -0.376 e. The molecule has 1 saturated carbocycles. The second kappa shape index (κ2) is 8.69. The van der Waals surface area contributed by atoms with E-state index in [0.717, 1.165) is 18.8 Å². The number of hydrogen-bond donors (Lipinski definition) is 2. The molecule has 0 unspecified atom stereocenters. The van der Waals surface area contributed by atoms with Crippen LogP contribution in [-0.4, -0.2) is 54.0 Å². The van der Waals surface area contributed by atoms with Crippen LogP contribution >= 0.6 is 0 Å². The summed E-state index contributed by atoms with van der Waals surface area (Å²) in [6.07, 6.45) is 6.40. The number of amides is 2. The molecule has 2 amide bonds. The Hall–Kier alpha value is -2.15. The summed E-state index contributed by atoms with van der Waals surface area (Å²) < 4.78 is 5.72. The van der Waals surface area contributed by atoms with Gasteiger partial charge < -0.3 is 19.9 Å². The van der Waals surface area contributed by atoms with Gasteiger partial charge in [-0.15, -0.1) is 0 Å². The molecule has 148 valence electrons. The van der Waals surface area contributed by atoms with Crippen LogP contribution < -0.4 is 10.9 Å². The molecule has 7 heteroatoms. The van der Waals surface area contributed by atoms with Crippen LogP contribution in [0.25, 0.3) is 0 Å². The van der Waals surface area contributed by atoms with Gasteiger partial charge >= 0.3 is 0 Å². The number of aromatic amines is 1. The van der Waals surface area contributed by atoms with Gasteiger partial charge in [0, 0.05) is 37.5 Å². The summed E-state index contributed by atoms with van der Waals surface area (Å²) in [6.45, 7) is 3.01. The lowest BCUT2D eigenvalue weighted by atomic mass is 9.86. The average Bonchev–Trinajstić information content (AvgIpc) is 3.14. The Morgan fingerprint density at radius 3 is 2.74 bits per heavy atom. The molecule has 3 rings (SSSR count). The molecule has 0 aromatic carbocycles. The topological polar surface area (TPSA) is 91.5 Å². The molecule has 2 N–H and O–H groups in total. The van der Waals surface area contributed by atoms with E-state index in [0.29, 0.717) is 31.2 Å². The molecule has 1 aromatic heterocycles. The number of aromatic nitrogens is 1. The van der Waals surface area contributed by atoms with E-state index in [1.807, 2.05) is 11.9 Å². The zero-order valence-corrected chi connectivity index (χ0v) is 16.1. The molecule has 1 aliphatic heterocycles. The maximum atomic E-state index is 12.8. The SMILES string of the molecule is CC1CCC(N(C)C(=O)[C@@H]2CO[C@H](CNC(=O)c3cc[nH]c(=O)c3)C2)CC1. The fraction of sp³-hybridized carbons (Fsp3) is 0.650. The van der Waals surface area contributed by atoms with Gasteiger partial charge in [0.25, 0.3) is 5.91 Å². The van der Waals surface area contributed by atoms with Crippen molar-refractivity contribution in [1.29, 1.82) is 0 Å². The molecule has 2 heterocycles. The standard InChI is InChI=1S/C20H29N3O4/c1-13-3-5-16(6-4-13)23(2)20(26)15-9-17(27-12-15)11-22-19(25)14-7-8-21-18(24)10-14/h7-8,10,13,15-17H,3-6,9,11-12H2,1-2H3,(H,21,24)(H,22,25)/t13?,15-,16?,17-/m0/s1. The van der Waals surface area contributed by atoms with Crippen LogP contribution in [0.2, 0.25) is 0 Å². The van der Waals surface area contributed by atoms with Gasteiger partial charge in [-0.05, 0) is 44.1 Å². The van der Waals surface area contributed by atoms with Crippen molar-refractivity contribution in [1.82, 2.24) is 15.2 Å². The Bertz CT molecular complexity index is 724. The minimum atomic E-state index is -0.314. The van der Waals surface area contributed by atoms with Crippen molar-refractivity contribution in [3.05, 3.63) is 34.2 Å². The van der Waals surface area contributed by atoms with Gasteiger partial charge in [-0.25, -0.2) is 0 Å².